The Bertz CT molecular complexity index is 624. The number of nitrogens with zero attached hydrogens (tertiary/aromatic N) is 4. The van der Waals surface area contributed by atoms with Gasteiger partial charge in [-0.25, -0.2) is 9.97 Å². The molecular formula is C15H20N4. The third-order valence-corrected chi connectivity index (χ3v) is 4.42. The highest BCUT2D eigenvalue weighted by atomic mass is 15.3. The number of hydrogen-bond acceptors (Lipinski definition) is 3. The number of pyridine rings is 1. The summed E-state index contributed by atoms with van der Waals surface area (Å²) in [6.45, 7) is 7.57. The molecule has 0 radical (unpaired) electrons. The van der Waals surface area contributed by atoms with Gasteiger partial charge in [0.25, 0.3) is 0 Å². The van der Waals surface area contributed by atoms with Gasteiger partial charge in [0.2, 0.25) is 0 Å². The summed E-state index contributed by atoms with van der Waals surface area (Å²) in [6.07, 6.45) is 4.70. The molecule has 2 aromatic rings. The molecule has 1 saturated carbocycles. The third kappa shape index (κ3) is 1.86. The second-order valence-electron chi connectivity index (χ2n) is 6.13. The lowest BCUT2D eigenvalue weighted by molar-refractivity contribution is 0.175. The summed E-state index contributed by atoms with van der Waals surface area (Å²) in [5.74, 6) is 1.93. The molecular weight excluding hydrogens is 236 g/mol. The second-order valence-corrected chi connectivity index (χ2v) is 6.13. The fourth-order valence-electron chi connectivity index (χ4n) is 3.00. The molecule has 2 aliphatic rings. The Kier molecular flexibility index (Phi) is 2.42. The quantitative estimate of drug-likeness (QED) is 0.828. The molecule has 0 aromatic carbocycles. The van der Waals surface area contributed by atoms with Crippen molar-refractivity contribution in [3.8, 4) is 0 Å². The number of rotatable bonds is 2. The van der Waals surface area contributed by atoms with Crippen LogP contribution in [0.25, 0.3) is 11.2 Å². The van der Waals surface area contributed by atoms with Crippen LogP contribution in [0.5, 0.6) is 0 Å². The van der Waals surface area contributed by atoms with E-state index in [1.807, 2.05) is 0 Å². The van der Waals surface area contributed by atoms with Gasteiger partial charge >= 0.3 is 0 Å². The number of imidazole rings is 1. The molecule has 19 heavy (non-hydrogen) atoms. The van der Waals surface area contributed by atoms with Crippen LogP contribution in [0.4, 0.5) is 0 Å². The van der Waals surface area contributed by atoms with Gasteiger partial charge in [-0.1, -0.05) is 0 Å². The maximum atomic E-state index is 4.82. The Morgan fingerprint density at radius 2 is 2.11 bits per heavy atom. The van der Waals surface area contributed by atoms with Crippen LogP contribution in [0.15, 0.2) is 12.3 Å². The van der Waals surface area contributed by atoms with Crippen molar-refractivity contribution < 1.29 is 0 Å². The highest BCUT2D eigenvalue weighted by Crippen LogP contribution is 2.40. The van der Waals surface area contributed by atoms with Crippen molar-refractivity contribution in [3.63, 3.8) is 0 Å². The largest absolute Gasteiger partial charge is 0.310 e. The lowest BCUT2D eigenvalue weighted by Crippen LogP contribution is -2.38. The molecule has 4 heteroatoms. The van der Waals surface area contributed by atoms with E-state index in [0.29, 0.717) is 6.04 Å². The minimum Gasteiger partial charge on any atom is -0.310 e. The van der Waals surface area contributed by atoms with Crippen LogP contribution in [-0.4, -0.2) is 32.0 Å². The van der Waals surface area contributed by atoms with Crippen molar-refractivity contribution in [2.45, 2.75) is 51.7 Å². The fraction of sp³-hybridized carbons (Fsp3) is 0.600. The zero-order chi connectivity index (χ0) is 13.0. The van der Waals surface area contributed by atoms with Gasteiger partial charge in [-0.15, -0.1) is 0 Å². The van der Waals surface area contributed by atoms with Crippen LogP contribution < -0.4 is 0 Å². The summed E-state index contributed by atoms with van der Waals surface area (Å²) in [5, 5.41) is 0. The Balaban J connectivity index is 1.75. The van der Waals surface area contributed by atoms with E-state index in [0.717, 1.165) is 36.7 Å². The molecule has 0 atom stereocenters. The van der Waals surface area contributed by atoms with Crippen LogP contribution in [0, 0.1) is 0 Å². The lowest BCUT2D eigenvalue weighted by atomic mass is 10.2. The Morgan fingerprint density at radius 1 is 1.26 bits per heavy atom. The molecule has 1 fully saturated rings. The van der Waals surface area contributed by atoms with E-state index in [1.165, 1.54) is 24.2 Å². The maximum absolute atomic E-state index is 4.82. The Labute approximate surface area is 113 Å². The zero-order valence-electron chi connectivity index (χ0n) is 11.6. The van der Waals surface area contributed by atoms with Gasteiger partial charge in [0.15, 0.2) is 5.65 Å². The molecule has 100 valence electrons. The van der Waals surface area contributed by atoms with E-state index in [2.05, 4.69) is 40.6 Å². The first kappa shape index (κ1) is 11.4. The first-order valence-corrected chi connectivity index (χ1v) is 7.31. The van der Waals surface area contributed by atoms with Gasteiger partial charge in [0.05, 0.1) is 6.54 Å². The molecule has 0 spiro atoms. The van der Waals surface area contributed by atoms with Crippen LogP contribution in [0.1, 0.15) is 44.0 Å². The van der Waals surface area contributed by atoms with E-state index in [1.54, 1.807) is 0 Å². The molecule has 0 N–H and O–H groups in total. The van der Waals surface area contributed by atoms with Gasteiger partial charge in [0.1, 0.15) is 11.3 Å². The summed E-state index contributed by atoms with van der Waals surface area (Å²) in [4.78, 5) is 12.0. The Morgan fingerprint density at radius 3 is 2.84 bits per heavy atom. The van der Waals surface area contributed by atoms with Crippen molar-refractivity contribution in [1.29, 1.82) is 0 Å². The molecule has 0 saturated heterocycles. The molecule has 0 bridgehead atoms. The molecule has 0 unspecified atom stereocenters. The molecule has 1 aliphatic carbocycles. The van der Waals surface area contributed by atoms with Crippen molar-refractivity contribution >= 4 is 11.2 Å². The fourth-order valence-corrected chi connectivity index (χ4v) is 3.00. The van der Waals surface area contributed by atoms with Crippen molar-refractivity contribution in [2.24, 2.45) is 0 Å². The van der Waals surface area contributed by atoms with Crippen LogP contribution in [0.2, 0.25) is 0 Å². The van der Waals surface area contributed by atoms with Crippen LogP contribution in [0.3, 0.4) is 0 Å². The summed E-state index contributed by atoms with van der Waals surface area (Å²) in [7, 11) is 0. The van der Waals surface area contributed by atoms with Gasteiger partial charge in [0, 0.05) is 25.3 Å². The topological polar surface area (TPSA) is 34.0 Å². The minimum absolute atomic E-state index is 0.587. The average molecular weight is 256 g/mol. The molecule has 0 amide bonds. The molecule has 3 heterocycles. The lowest BCUT2D eigenvalue weighted by Gasteiger charge is -2.30. The first-order chi connectivity index (χ1) is 9.22. The SMILES string of the molecule is CC(C)N1CCn2c(nc3cc(C4CC4)cnc32)C1. The van der Waals surface area contributed by atoms with Crippen molar-refractivity contribution in [3.05, 3.63) is 23.7 Å². The number of hydrogen-bond donors (Lipinski definition) is 0. The van der Waals surface area contributed by atoms with Gasteiger partial charge in [-0.2, -0.15) is 0 Å². The predicted octanol–water partition coefficient (Wildman–Crippen LogP) is 2.53. The average Bonchev–Trinajstić information content (AvgIpc) is 3.18. The van der Waals surface area contributed by atoms with E-state index in [-0.39, 0.29) is 0 Å². The molecule has 2 aromatic heterocycles. The molecule has 4 rings (SSSR count). The van der Waals surface area contributed by atoms with Gasteiger partial charge in [-0.05, 0) is 44.2 Å². The highest BCUT2D eigenvalue weighted by molar-refractivity contribution is 5.72. The van der Waals surface area contributed by atoms with Crippen LogP contribution >= 0.6 is 0 Å². The summed E-state index contributed by atoms with van der Waals surface area (Å²) in [5.41, 5.74) is 3.54. The monoisotopic (exact) mass is 256 g/mol. The summed E-state index contributed by atoms with van der Waals surface area (Å²) in [6, 6.07) is 2.84. The third-order valence-electron chi connectivity index (χ3n) is 4.42. The highest BCUT2D eigenvalue weighted by Gasteiger charge is 2.26. The van der Waals surface area contributed by atoms with E-state index in [4.69, 9.17) is 4.98 Å². The smallest absolute Gasteiger partial charge is 0.160 e. The Hall–Kier alpha value is -1.42. The summed E-state index contributed by atoms with van der Waals surface area (Å²) < 4.78 is 2.30. The maximum Gasteiger partial charge on any atom is 0.160 e. The van der Waals surface area contributed by atoms with Gasteiger partial charge in [-0.3, -0.25) is 4.90 Å². The molecule has 1 aliphatic heterocycles. The zero-order valence-corrected chi connectivity index (χ0v) is 11.6. The number of aromatic nitrogens is 3. The normalized spacial score (nSPS) is 20.2. The minimum atomic E-state index is 0.587. The first-order valence-electron chi connectivity index (χ1n) is 7.31. The van der Waals surface area contributed by atoms with Gasteiger partial charge < -0.3 is 4.57 Å². The van der Waals surface area contributed by atoms with Crippen molar-refractivity contribution in [1.82, 2.24) is 19.4 Å². The van der Waals surface area contributed by atoms with Crippen molar-refractivity contribution in [2.75, 3.05) is 6.54 Å². The van der Waals surface area contributed by atoms with E-state index in [9.17, 15) is 0 Å². The predicted molar refractivity (Wildman–Crippen MR) is 75.0 cm³/mol. The van der Waals surface area contributed by atoms with E-state index < -0.39 is 0 Å². The van der Waals surface area contributed by atoms with E-state index >= 15 is 0 Å². The van der Waals surface area contributed by atoms with Crippen LogP contribution in [-0.2, 0) is 13.1 Å². The molecule has 4 nitrogen and oxygen atoms in total. The second kappa shape index (κ2) is 4.04. The number of fused-ring (bicyclic) bond motifs is 3. The standard InChI is InChI=1S/C15H20N4/c1-10(2)18-5-6-19-14(9-18)17-13-7-12(11-3-4-11)8-16-15(13)19/h7-8,10-11H,3-6,9H2,1-2H3. The summed E-state index contributed by atoms with van der Waals surface area (Å²) >= 11 is 0.